The van der Waals surface area contributed by atoms with E-state index in [0.29, 0.717) is 10.4 Å². The summed E-state index contributed by atoms with van der Waals surface area (Å²) >= 11 is 9.73. The molecule has 1 aliphatic rings. The predicted octanol–water partition coefficient (Wildman–Crippen LogP) is 5.69. The highest BCUT2D eigenvalue weighted by molar-refractivity contribution is 9.10. The van der Waals surface area contributed by atoms with E-state index in [1.54, 1.807) is 6.07 Å². The quantitative estimate of drug-likeness (QED) is 0.614. The van der Waals surface area contributed by atoms with Gasteiger partial charge in [0.2, 0.25) is 0 Å². The predicted molar refractivity (Wildman–Crippen MR) is 73.8 cm³/mol. The SMILES string of the molecule is CC1CCC(C(Cl)c2ccc(F)c(Br)c2)CC1. The molecule has 0 amide bonds. The van der Waals surface area contributed by atoms with Crippen LogP contribution in [0.25, 0.3) is 0 Å². The molecule has 17 heavy (non-hydrogen) atoms. The van der Waals surface area contributed by atoms with E-state index in [2.05, 4.69) is 22.9 Å². The number of hydrogen-bond donors (Lipinski definition) is 0. The molecule has 1 unspecified atom stereocenters. The second-order valence-corrected chi connectivity index (χ2v) is 6.42. The maximum atomic E-state index is 13.2. The largest absolute Gasteiger partial charge is 0.206 e. The van der Waals surface area contributed by atoms with Crippen LogP contribution in [-0.4, -0.2) is 0 Å². The first-order valence-corrected chi connectivity index (χ1v) is 7.40. The summed E-state index contributed by atoms with van der Waals surface area (Å²) in [6.45, 7) is 2.30. The average molecular weight is 320 g/mol. The van der Waals surface area contributed by atoms with Crippen LogP contribution in [0.1, 0.15) is 43.5 Å². The molecule has 1 atom stereocenters. The summed E-state index contributed by atoms with van der Waals surface area (Å²) in [5.74, 6) is 1.13. The minimum absolute atomic E-state index is 0.0133. The molecule has 0 heterocycles. The fourth-order valence-corrected chi connectivity index (χ4v) is 3.32. The summed E-state index contributed by atoms with van der Waals surface area (Å²) in [6.07, 6.45) is 4.89. The molecule has 0 radical (unpaired) electrons. The highest BCUT2D eigenvalue weighted by Crippen LogP contribution is 2.41. The lowest BCUT2D eigenvalue weighted by molar-refractivity contribution is 0.283. The Hall–Kier alpha value is -0.0800. The third-order valence-electron chi connectivity index (χ3n) is 3.74. The van der Waals surface area contributed by atoms with E-state index in [9.17, 15) is 4.39 Å². The second-order valence-electron chi connectivity index (χ2n) is 5.10. The van der Waals surface area contributed by atoms with E-state index < -0.39 is 0 Å². The van der Waals surface area contributed by atoms with Gasteiger partial charge in [0, 0.05) is 0 Å². The van der Waals surface area contributed by atoms with Gasteiger partial charge in [0.05, 0.1) is 9.85 Å². The van der Waals surface area contributed by atoms with Gasteiger partial charge in [-0.05, 0) is 58.3 Å². The van der Waals surface area contributed by atoms with Crippen molar-refractivity contribution in [1.29, 1.82) is 0 Å². The van der Waals surface area contributed by atoms with Crippen molar-refractivity contribution < 1.29 is 4.39 Å². The normalized spacial score (nSPS) is 26.8. The van der Waals surface area contributed by atoms with Crippen LogP contribution in [0.3, 0.4) is 0 Å². The van der Waals surface area contributed by atoms with Gasteiger partial charge in [-0.3, -0.25) is 0 Å². The van der Waals surface area contributed by atoms with Crippen LogP contribution in [0.4, 0.5) is 4.39 Å². The lowest BCUT2D eigenvalue weighted by Crippen LogP contribution is -2.16. The maximum Gasteiger partial charge on any atom is 0.137 e. The van der Waals surface area contributed by atoms with Gasteiger partial charge in [0.15, 0.2) is 0 Å². The van der Waals surface area contributed by atoms with Crippen LogP contribution in [0, 0.1) is 17.7 Å². The molecule has 0 N–H and O–H groups in total. The molecule has 2 rings (SSSR count). The summed E-state index contributed by atoms with van der Waals surface area (Å²) in [5, 5.41) is 0.0133. The zero-order chi connectivity index (χ0) is 12.4. The summed E-state index contributed by atoms with van der Waals surface area (Å²) < 4.78 is 13.7. The van der Waals surface area contributed by atoms with Gasteiger partial charge in [0.25, 0.3) is 0 Å². The van der Waals surface area contributed by atoms with Crippen molar-refractivity contribution in [3.05, 3.63) is 34.1 Å². The van der Waals surface area contributed by atoms with Crippen molar-refractivity contribution in [3.8, 4) is 0 Å². The first kappa shape index (κ1) is 13.4. The third kappa shape index (κ3) is 3.23. The first-order valence-electron chi connectivity index (χ1n) is 6.17. The summed E-state index contributed by atoms with van der Waals surface area (Å²) in [6, 6.07) is 5.10. The van der Waals surface area contributed by atoms with Crippen LogP contribution in [0.15, 0.2) is 22.7 Å². The van der Waals surface area contributed by atoms with Crippen molar-refractivity contribution in [2.45, 2.75) is 38.0 Å². The zero-order valence-electron chi connectivity index (χ0n) is 9.93. The number of alkyl halides is 1. The van der Waals surface area contributed by atoms with Crippen LogP contribution in [-0.2, 0) is 0 Å². The van der Waals surface area contributed by atoms with Crippen molar-refractivity contribution in [2.75, 3.05) is 0 Å². The van der Waals surface area contributed by atoms with Crippen LogP contribution in [0.2, 0.25) is 0 Å². The van der Waals surface area contributed by atoms with Crippen molar-refractivity contribution in [2.24, 2.45) is 11.8 Å². The molecule has 0 spiro atoms. The van der Waals surface area contributed by atoms with Crippen LogP contribution >= 0.6 is 27.5 Å². The summed E-state index contributed by atoms with van der Waals surface area (Å²) in [7, 11) is 0. The van der Waals surface area contributed by atoms with Gasteiger partial charge < -0.3 is 0 Å². The standard InChI is InChI=1S/C14H17BrClF/c1-9-2-4-10(5-3-9)14(16)11-6-7-13(17)12(15)8-11/h6-10,14H,2-5H2,1H3. The van der Waals surface area contributed by atoms with E-state index >= 15 is 0 Å². The van der Waals surface area contributed by atoms with Crippen LogP contribution in [0.5, 0.6) is 0 Å². The molecule has 0 nitrogen and oxygen atoms in total. The Balaban J connectivity index is 2.08. The molecule has 94 valence electrons. The minimum atomic E-state index is -0.227. The van der Waals surface area contributed by atoms with E-state index in [-0.39, 0.29) is 11.2 Å². The molecule has 1 aromatic rings. The zero-order valence-corrected chi connectivity index (χ0v) is 12.3. The first-order chi connectivity index (χ1) is 8.08. The molecular formula is C14H17BrClF. The van der Waals surface area contributed by atoms with E-state index in [1.807, 2.05) is 6.07 Å². The fourth-order valence-electron chi connectivity index (χ4n) is 2.53. The molecular weight excluding hydrogens is 303 g/mol. The average Bonchev–Trinajstić information content (AvgIpc) is 2.33. The Morgan fingerprint density at radius 1 is 1.29 bits per heavy atom. The third-order valence-corrected chi connectivity index (χ3v) is 4.95. The van der Waals surface area contributed by atoms with Gasteiger partial charge in [-0.15, -0.1) is 11.6 Å². The lowest BCUT2D eigenvalue weighted by atomic mass is 9.80. The number of halogens is 3. The van der Waals surface area contributed by atoms with Gasteiger partial charge in [0.1, 0.15) is 5.82 Å². The molecule has 0 saturated heterocycles. The number of rotatable bonds is 2. The minimum Gasteiger partial charge on any atom is -0.206 e. The summed E-state index contributed by atoms with van der Waals surface area (Å²) in [5.41, 5.74) is 1.03. The maximum absolute atomic E-state index is 13.2. The summed E-state index contributed by atoms with van der Waals surface area (Å²) in [4.78, 5) is 0. The molecule has 0 bridgehead atoms. The van der Waals surface area contributed by atoms with Crippen molar-refractivity contribution >= 4 is 27.5 Å². The number of benzene rings is 1. The monoisotopic (exact) mass is 318 g/mol. The van der Waals surface area contributed by atoms with Crippen LogP contribution < -0.4 is 0 Å². The molecule has 1 aliphatic carbocycles. The molecule has 0 aromatic heterocycles. The van der Waals surface area contributed by atoms with Crippen molar-refractivity contribution in [1.82, 2.24) is 0 Å². The fraction of sp³-hybridized carbons (Fsp3) is 0.571. The molecule has 1 saturated carbocycles. The lowest BCUT2D eigenvalue weighted by Gasteiger charge is -2.29. The topological polar surface area (TPSA) is 0 Å². The van der Waals surface area contributed by atoms with Crippen molar-refractivity contribution in [3.63, 3.8) is 0 Å². The highest BCUT2D eigenvalue weighted by atomic mass is 79.9. The Labute approximate surface area is 116 Å². The second kappa shape index (κ2) is 5.71. The molecule has 0 aliphatic heterocycles. The van der Waals surface area contributed by atoms with E-state index in [4.69, 9.17) is 11.6 Å². The molecule has 1 aromatic carbocycles. The molecule has 3 heteroatoms. The van der Waals surface area contributed by atoms with Gasteiger partial charge in [-0.2, -0.15) is 0 Å². The number of hydrogen-bond acceptors (Lipinski definition) is 0. The van der Waals surface area contributed by atoms with Gasteiger partial charge >= 0.3 is 0 Å². The van der Waals surface area contributed by atoms with Gasteiger partial charge in [-0.25, -0.2) is 4.39 Å². The highest BCUT2D eigenvalue weighted by Gasteiger charge is 2.26. The Bertz CT molecular complexity index is 386. The molecule has 1 fully saturated rings. The van der Waals surface area contributed by atoms with E-state index in [1.165, 1.54) is 31.7 Å². The van der Waals surface area contributed by atoms with Gasteiger partial charge in [-0.1, -0.05) is 25.8 Å². The Morgan fingerprint density at radius 3 is 2.53 bits per heavy atom. The Kier molecular flexibility index (Phi) is 4.48. The Morgan fingerprint density at radius 2 is 1.94 bits per heavy atom. The smallest absolute Gasteiger partial charge is 0.137 e. The van der Waals surface area contributed by atoms with E-state index in [0.717, 1.165) is 11.5 Å².